The van der Waals surface area contributed by atoms with Crippen LogP contribution in [-0.2, 0) is 12.8 Å². The lowest BCUT2D eigenvalue weighted by molar-refractivity contribution is 0.0979. The van der Waals surface area contributed by atoms with Gasteiger partial charge >= 0.3 is 0 Å². The van der Waals surface area contributed by atoms with Crippen molar-refractivity contribution in [3.8, 4) is 22.3 Å². The highest BCUT2D eigenvalue weighted by atomic mass is 16.1. The van der Waals surface area contributed by atoms with Crippen LogP contribution in [-0.4, -0.2) is 11.6 Å². The molecule has 0 aromatic heterocycles. The first kappa shape index (κ1) is 37.6. The Kier molecular flexibility index (Phi) is 11.5. The van der Waals surface area contributed by atoms with Crippen LogP contribution in [0.15, 0.2) is 121 Å². The molecule has 0 saturated heterocycles. The van der Waals surface area contributed by atoms with E-state index >= 15 is 9.59 Å². The van der Waals surface area contributed by atoms with Crippen molar-refractivity contribution in [2.75, 3.05) is 0 Å². The number of hydrogen-bond donors (Lipinski definition) is 0. The summed E-state index contributed by atoms with van der Waals surface area (Å²) in [6.07, 6.45) is 15.6. The molecule has 0 atom stereocenters. The smallest absolute Gasteiger partial charge is 0.195 e. The van der Waals surface area contributed by atoms with Gasteiger partial charge in [-0.2, -0.15) is 0 Å². The van der Waals surface area contributed by atoms with Crippen molar-refractivity contribution < 1.29 is 9.59 Å². The average molecular weight is 735 g/mol. The Hall–Kier alpha value is -5.34. The third kappa shape index (κ3) is 7.00. The minimum Gasteiger partial charge on any atom is -0.289 e. The summed E-state index contributed by atoms with van der Waals surface area (Å²) < 4.78 is 0. The van der Waals surface area contributed by atoms with E-state index in [0.717, 1.165) is 104 Å². The zero-order valence-electron chi connectivity index (χ0n) is 33.3. The molecule has 56 heavy (non-hydrogen) atoms. The van der Waals surface area contributed by atoms with Crippen molar-refractivity contribution in [1.82, 2.24) is 0 Å². The van der Waals surface area contributed by atoms with Crippen LogP contribution in [0.4, 0.5) is 0 Å². The van der Waals surface area contributed by atoms with Crippen molar-refractivity contribution >= 4 is 43.9 Å². The molecule has 0 bridgehead atoms. The number of carbonyl (C=O) groups is 2. The van der Waals surface area contributed by atoms with Gasteiger partial charge in [-0.05, 0) is 80.3 Å². The van der Waals surface area contributed by atoms with E-state index in [1.807, 2.05) is 36.4 Å². The highest BCUT2D eigenvalue weighted by Gasteiger charge is 2.40. The fourth-order valence-corrected chi connectivity index (χ4v) is 9.53. The van der Waals surface area contributed by atoms with Crippen molar-refractivity contribution in [2.24, 2.45) is 0 Å². The van der Waals surface area contributed by atoms with Crippen molar-refractivity contribution in [2.45, 2.75) is 104 Å². The summed E-state index contributed by atoms with van der Waals surface area (Å²) in [5, 5.41) is 6.51. The summed E-state index contributed by atoms with van der Waals surface area (Å²) in [7, 11) is 0. The zero-order chi connectivity index (χ0) is 38.4. The molecule has 7 aromatic carbocycles. The predicted molar refractivity (Wildman–Crippen MR) is 237 cm³/mol. The van der Waals surface area contributed by atoms with E-state index in [1.165, 1.54) is 51.4 Å². The second-order valence-electron chi connectivity index (χ2n) is 15.9. The summed E-state index contributed by atoms with van der Waals surface area (Å²) in [5.74, 6) is -0.00646. The van der Waals surface area contributed by atoms with Gasteiger partial charge in [0.25, 0.3) is 0 Å². The summed E-state index contributed by atoms with van der Waals surface area (Å²) in [6.45, 7) is 4.51. The van der Waals surface area contributed by atoms with E-state index in [9.17, 15) is 0 Å². The molecule has 1 aliphatic rings. The molecule has 2 nitrogen and oxygen atoms in total. The van der Waals surface area contributed by atoms with Gasteiger partial charge in [0.05, 0.1) is 0 Å². The van der Waals surface area contributed by atoms with Crippen LogP contribution in [0.25, 0.3) is 54.6 Å². The van der Waals surface area contributed by atoms with E-state index in [2.05, 4.69) is 98.8 Å². The van der Waals surface area contributed by atoms with Crippen molar-refractivity contribution in [3.05, 3.63) is 155 Å². The van der Waals surface area contributed by atoms with Gasteiger partial charge in [0.1, 0.15) is 0 Å². The molecule has 0 saturated carbocycles. The van der Waals surface area contributed by atoms with Crippen LogP contribution >= 0.6 is 0 Å². The second kappa shape index (κ2) is 17.2. The Bertz CT molecular complexity index is 2530. The number of aryl methyl sites for hydroxylation is 2. The summed E-state index contributed by atoms with van der Waals surface area (Å²) in [4.78, 5) is 32.1. The Morgan fingerprint density at radius 1 is 0.339 bits per heavy atom. The highest BCUT2D eigenvalue weighted by molar-refractivity contribution is 6.38. The van der Waals surface area contributed by atoms with Gasteiger partial charge in [-0.25, -0.2) is 0 Å². The Morgan fingerprint density at radius 2 is 0.768 bits per heavy atom. The third-order valence-corrected chi connectivity index (χ3v) is 12.2. The number of fused-ring (bicyclic) bond motifs is 6. The summed E-state index contributed by atoms with van der Waals surface area (Å²) in [5.41, 5.74) is 8.19. The van der Waals surface area contributed by atoms with Crippen LogP contribution in [0.2, 0.25) is 0 Å². The Morgan fingerprint density at radius 3 is 1.30 bits per heavy atom. The van der Waals surface area contributed by atoms with E-state index in [-0.39, 0.29) is 11.6 Å². The molecule has 0 radical (unpaired) electrons. The van der Waals surface area contributed by atoms with Gasteiger partial charge in [-0.15, -0.1) is 0 Å². The number of hydrogen-bond acceptors (Lipinski definition) is 2. The maximum Gasteiger partial charge on any atom is 0.195 e. The first-order valence-electron chi connectivity index (χ1n) is 21.4. The van der Waals surface area contributed by atoms with E-state index < -0.39 is 0 Å². The average Bonchev–Trinajstić information content (AvgIpc) is 3.24. The van der Waals surface area contributed by atoms with Gasteiger partial charge in [0.15, 0.2) is 11.6 Å². The largest absolute Gasteiger partial charge is 0.289 e. The Balaban J connectivity index is 1.44. The van der Waals surface area contributed by atoms with Gasteiger partial charge in [0.2, 0.25) is 0 Å². The van der Waals surface area contributed by atoms with Crippen LogP contribution < -0.4 is 0 Å². The Labute approximate surface area is 333 Å². The number of ketones is 2. The molecule has 8 rings (SSSR count). The number of rotatable bonds is 16. The number of unbranched alkanes of at least 4 members (excludes halogenated alkanes) is 10. The molecular weight excluding hydrogens is 681 g/mol. The molecule has 282 valence electrons. The molecule has 0 aliphatic heterocycles. The SMILES string of the molecule is CCCCCCCCc1c2c(c(CCCCCCCC)c3ccccc13)C(=O)c1c(c(-c3ccccc3)c3ccc4ccccc4c3c1-c1ccccc1)C2=O. The lowest BCUT2D eigenvalue weighted by Crippen LogP contribution is -2.27. The maximum atomic E-state index is 16.1. The first-order valence-corrected chi connectivity index (χ1v) is 21.4. The van der Waals surface area contributed by atoms with E-state index in [0.29, 0.717) is 22.3 Å². The van der Waals surface area contributed by atoms with Crippen LogP contribution in [0, 0.1) is 0 Å². The van der Waals surface area contributed by atoms with Gasteiger partial charge < -0.3 is 0 Å². The lowest BCUT2D eigenvalue weighted by atomic mass is 9.70. The first-order chi connectivity index (χ1) is 27.6. The molecule has 0 heterocycles. The number of carbonyl (C=O) groups excluding carboxylic acids is 2. The summed E-state index contributed by atoms with van der Waals surface area (Å²) >= 11 is 0. The molecule has 7 aromatic rings. The summed E-state index contributed by atoms with van der Waals surface area (Å²) in [6, 6.07) is 42.1. The normalized spacial score (nSPS) is 12.5. The quantitative estimate of drug-likeness (QED) is 0.0732. The topological polar surface area (TPSA) is 34.1 Å². The minimum atomic E-state index is -0.00333. The van der Waals surface area contributed by atoms with E-state index in [4.69, 9.17) is 0 Å². The van der Waals surface area contributed by atoms with Crippen LogP contribution in [0.5, 0.6) is 0 Å². The maximum absolute atomic E-state index is 16.1. The van der Waals surface area contributed by atoms with Crippen LogP contribution in [0.1, 0.15) is 134 Å². The van der Waals surface area contributed by atoms with Crippen LogP contribution in [0.3, 0.4) is 0 Å². The van der Waals surface area contributed by atoms with Gasteiger partial charge in [-0.1, -0.05) is 199 Å². The molecule has 0 N–H and O–H groups in total. The molecule has 0 amide bonds. The molecular formula is C54H54O2. The molecule has 0 unspecified atom stereocenters. The van der Waals surface area contributed by atoms with E-state index in [1.54, 1.807) is 0 Å². The fourth-order valence-electron chi connectivity index (χ4n) is 9.53. The van der Waals surface area contributed by atoms with Crippen molar-refractivity contribution in [3.63, 3.8) is 0 Å². The van der Waals surface area contributed by atoms with Gasteiger partial charge in [-0.3, -0.25) is 9.59 Å². The lowest BCUT2D eigenvalue weighted by Gasteiger charge is -2.30. The fraction of sp³-hybridized carbons (Fsp3) is 0.296. The predicted octanol–water partition coefficient (Wildman–Crippen LogP) is 15.1. The van der Waals surface area contributed by atoms with Gasteiger partial charge in [0, 0.05) is 33.4 Å². The molecule has 1 aliphatic carbocycles. The van der Waals surface area contributed by atoms with Crippen molar-refractivity contribution in [1.29, 1.82) is 0 Å². The second-order valence-corrected chi connectivity index (χ2v) is 15.9. The highest BCUT2D eigenvalue weighted by Crippen LogP contribution is 2.50. The molecule has 0 fully saturated rings. The number of benzene rings is 7. The third-order valence-electron chi connectivity index (χ3n) is 12.2. The minimum absolute atomic E-state index is 0.00313. The molecule has 0 spiro atoms. The standard InChI is InChI=1S/C54H54O2/c1-3-5-7-9-11-19-33-43-41-31-23-24-32-42(41)44(34-20-12-10-8-6-4-2)50-49(43)53(55)51-46(38-26-15-13-16-27-38)45-36-35-37-25-21-22-30-40(37)48(45)47(52(51)54(50)56)39-28-17-14-18-29-39/h13-18,21-32,35-36H,3-12,19-20,33-34H2,1-2H3. The zero-order valence-corrected chi connectivity index (χ0v) is 33.3. The monoisotopic (exact) mass is 734 g/mol. The molecule has 2 heteroatoms.